The van der Waals surface area contributed by atoms with Gasteiger partial charge in [0, 0.05) is 16.4 Å². The van der Waals surface area contributed by atoms with Crippen LogP contribution >= 0.6 is 11.6 Å². The standard InChI is InChI=1S/C18H19ClFN3O2/c1-12(18(25)22-15-8-6-13(19)7-9-15)23(2)11-17(24)21-16-5-3-4-14(20)10-16/h3-10,12H,11H2,1-2H3,(H,21,24)(H,22,25)/p+1/t12-/m1/s1. The highest BCUT2D eigenvalue weighted by Crippen LogP contribution is 2.13. The van der Waals surface area contributed by atoms with E-state index in [1.54, 1.807) is 44.3 Å². The van der Waals surface area contributed by atoms with E-state index in [1.807, 2.05) is 0 Å². The van der Waals surface area contributed by atoms with Crippen LogP contribution < -0.4 is 15.5 Å². The second kappa shape index (κ2) is 8.60. The number of rotatable bonds is 6. The minimum absolute atomic E-state index is 0.0751. The van der Waals surface area contributed by atoms with Crippen LogP contribution in [0.25, 0.3) is 0 Å². The van der Waals surface area contributed by atoms with Crippen molar-refractivity contribution >= 4 is 34.8 Å². The monoisotopic (exact) mass is 364 g/mol. The highest BCUT2D eigenvalue weighted by atomic mass is 35.5. The van der Waals surface area contributed by atoms with Gasteiger partial charge in [-0.15, -0.1) is 0 Å². The molecule has 0 aliphatic carbocycles. The molecule has 2 aromatic rings. The van der Waals surface area contributed by atoms with E-state index >= 15 is 0 Å². The van der Waals surface area contributed by atoms with Gasteiger partial charge in [-0.05, 0) is 49.4 Å². The predicted molar refractivity (Wildman–Crippen MR) is 96.3 cm³/mol. The van der Waals surface area contributed by atoms with E-state index in [9.17, 15) is 14.0 Å². The molecule has 0 bridgehead atoms. The summed E-state index contributed by atoms with van der Waals surface area (Å²) >= 11 is 5.81. The molecule has 0 aliphatic rings. The molecule has 5 nitrogen and oxygen atoms in total. The largest absolute Gasteiger partial charge is 0.321 e. The molecule has 2 aromatic carbocycles. The Hall–Kier alpha value is -2.44. The van der Waals surface area contributed by atoms with Gasteiger partial charge in [-0.25, -0.2) is 4.39 Å². The van der Waals surface area contributed by atoms with Crippen molar-refractivity contribution in [2.45, 2.75) is 13.0 Å². The minimum Gasteiger partial charge on any atom is -0.321 e. The number of amides is 2. The molecule has 0 aliphatic heterocycles. The smallest absolute Gasteiger partial charge is 0.282 e. The van der Waals surface area contributed by atoms with E-state index < -0.39 is 11.9 Å². The maximum atomic E-state index is 13.1. The number of anilines is 2. The minimum atomic E-state index is -0.450. The third-order valence-electron chi connectivity index (χ3n) is 3.79. The number of carbonyl (C=O) groups excluding carboxylic acids is 2. The van der Waals surface area contributed by atoms with Crippen molar-refractivity contribution in [3.8, 4) is 0 Å². The van der Waals surface area contributed by atoms with Gasteiger partial charge in [-0.1, -0.05) is 17.7 Å². The molecule has 0 saturated heterocycles. The molecule has 25 heavy (non-hydrogen) atoms. The van der Waals surface area contributed by atoms with Gasteiger partial charge in [0.25, 0.3) is 11.8 Å². The lowest BCUT2D eigenvalue weighted by molar-refractivity contribution is -0.885. The molecule has 7 heteroatoms. The Kier molecular flexibility index (Phi) is 6.50. The molecule has 0 radical (unpaired) electrons. The number of benzene rings is 2. The normalized spacial score (nSPS) is 13.0. The molecular weight excluding hydrogens is 345 g/mol. The first-order chi connectivity index (χ1) is 11.8. The Morgan fingerprint density at radius 1 is 1.12 bits per heavy atom. The molecule has 0 saturated carbocycles. The van der Waals surface area contributed by atoms with Crippen molar-refractivity contribution in [2.24, 2.45) is 0 Å². The van der Waals surface area contributed by atoms with Crippen LogP contribution in [0.3, 0.4) is 0 Å². The Labute approximate surface area is 150 Å². The first kappa shape index (κ1) is 18.9. The summed E-state index contributed by atoms with van der Waals surface area (Å²) in [6, 6.07) is 12.0. The average molecular weight is 365 g/mol. The zero-order valence-electron chi connectivity index (χ0n) is 14.0. The molecule has 2 amide bonds. The maximum Gasteiger partial charge on any atom is 0.282 e. The van der Waals surface area contributed by atoms with Gasteiger partial charge in [0.1, 0.15) is 5.82 Å². The van der Waals surface area contributed by atoms with Gasteiger partial charge in [0.15, 0.2) is 12.6 Å². The molecule has 2 rings (SSSR count). The van der Waals surface area contributed by atoms with Crippen LogP contribution in [0.5, 0.6) is 0 Å². The van der Waals surface area contributed by atoms with Crippen LogP contribution in [0, 0.1) is 5.82 Å². The molecule has 3 N–H and O–H groups in total. The summed E-state index contributed by atoms with van der Waals surface area (Å²) in [5.41, 5.74) is 1.02. The molecule has 0 heterocycles. The van der Waals surface area contributed by atoms with Crippen LogP contribution in [0.15, 0.2) is 48.5 Å². The summed E-state index contributed by atoms with van der Waals surface area (Å²) in [5, 5.41) is 5.98. The van der Waals surface area contributed by atoms with E-state index in [1.165, 1.54) is 18.2 Å². The van der Waals surface area contributed by atoms with Crippen LogP contribution in [0.4, 0.5) is 15.8 Å². The number of hydrogen-bond acceptors (Lipinski definition) is 2. The number of nitrogens with one attached hydrogen (secondary N) is 3. The molecule has 0 aromatic heterocycles. The molecule has 0 fully saturated rings. The zero-order valence-corrected chi connectivity index (χ0v) is 14.7. The maximum absolute atomic E-state index is 13.1. The fourth-order valence-electron chi connectivity index (χ4n) is 2.19. The number of halogens is 2. The van der Waals surface area contributed by atoms with Crippen molar-refractivity contribution < 1.29 is 18.9 Å². The van der Waals surface area contributed by atoms with E-state index in [2.05, 4.69) is 10.6 Å². The van der Waals surface area contributed by atoms with Crippen molar-refractivity contribution in [1.29, 1.82) is 0 Å². The lowest BCUT2D eigenvalue weighted by Crippen LogP contribution is -3.14. The number of hydrogen-bond donors (Lipinski definition) is 3. The van der Waals surface area contributed by atoms with Crippen LogP contribution in [-0.2, 0) is 9.59 Å². The van der Waals surface area contributed by atoms with Gasteiger partial charge in [0.2, 0.25) is 0 Å². The summed E-state index contributed by atoms with van der Waals surface area (Å²) in [7, 11) is 1.75. The van der Waals surface area contributed by atoms with Crippen molar-refractivity contribution in [2.75, 3.05) is 24.2 Å². The third-order valence-corrected chi connectivity index (χ3v) is 4.04. The summed E-state index contributed by atoms with van der Waals surface area (Å²) in [4.78, 5) is 25.0. The van der Waals surface area contributed by atoms with Gasteiger partial charge < -0.3 is 15.5 Å². The topological polar surface area (TPSA) is 62.6 Å². The van der Waals surface area contributed by atoms with E-state index in [4.69, 9.17) is 11.6 Å². The second-order valence-electron chi connectivity index (χ2n) is 5.80. The molecule has 132 valence electrons. The molecular formula is C18H20ClFN3O2+. The molecule has 0 spiro atoms. The zero-order chi connectivity index (χ0) is 18.4. The lowest BCUT2D eigenvalue weighted by Gasteiger charge is -2.20. The van der Waals surface area contributed by atoms with Crippen molar-refractivity contribution in [3.05, 3.63) is 59.4 Å². The predicted octanol–water partition coefficient (Wildman–Crippen LogP) is 1.96. The fourth-order valence-corrected chi connectivity index (χ4v) is 2.31. The Morgan fingerprint density at radius 2 is 1.80 bits per heavy atom. The lowest BCUT2D eigenvalue weighted by atomic mass is 10.2. The highest BCUT2D eigenvalue weighted by molar-refractivity contribution is 6.30. The summed E-state index contributed by atoms with van der Waals surface area (Å²) in [5.74, 6) is -0.929. The highest BCUT2D eigenvalue weighted by Gasteiger charge is 2.24. The third kappa shape index (κ3) is 5.85. The average Bonchev–Trinajstić information content (AvgIpc) is 2.56. The first-order valence-corrected chi connectivity index (χ1v) is 8.17. The first-order valence-electron chi connectivity index (χ1n) is 7.79. The Balaban J connectivity index is 1.88. The van der Waals surface area contributed by atoms with Crippen molar-refractivity contribution in [3.63, 3.8) is 0 Å². The van der Waals surface area contributed by atoms with Crippen LogP contribution in [0.1, 0.15) is 6.92 Å². The summed E-state index contributed by atoms with van der Waals surface area (Å²) in [6.45, 7) is 1.81. The van der Waals surface area contributed by atoms with Gasteiger partial charge in [0.05, 0.1) is 7.05 Å². The summed E-state index contributed by atoms with van der Waals surface area (Å²) in [6.07, 6.45) is 0. The number of carbonyl (C=O) groups is 2. The Bertz CT molecular complexity index is 752. The van der Waals surface area contributed by atoms with Crippen LogP contribution in [-0.4, -0.2) is 31.4 Å². The van der Waals surface area contributed by atoms with Crippen molar-refractivity contribution in [1.82, 2.24) is 0 Å². The molecule has 1 unspecified atom stereocenters. The van der Waals surface area contributed by atoms with E-state index in [-0.39, 0.29) is 18.4 Å². The van der Waals surface area contributed by atoms with E-state index in [0.29, 0.717) is 21.3 Å². The fraction of sp³-hybridized carbons (Fsp3) is 0.222. The SMILES string of the molecule is C[C@H](C(=O)Nc1ccc(Cl)cc1)[NH+](C)CC(=O)Nc1cccc(F)c1. The van der Waals surface area contributed by atoms with Crippen LogP contribution in [0.2, 0.25) is 5.02 Å². The second-order valence-corrected chi connectivity index (χ2v) is 6.24. The van der Waals surface area contributed by atoms with Gasteiger partial charge >= 0.3 is 0 Å². The quantitative estimate of drug-likeness (QED) is 0.733. The van der Waals surface area contributed by atoms with Gasteiger partial charge in [-0.2, -0.15) is 0 Å². The number of quaternary nitrogens is 1. The van der Waals surface area contributed by atoms with E-state index in [0.717, 1.165) is 0 Å². The number of likely N-dealkylation sites (N-methyl/N-ethyl adjacent to an activating group) is 1. The van der Waals surface area contributed by atoms with Gasteiger partial charge in [-0.3, -0.25) is 9.59 Å². The summed E-state index contributed by atoms with van der Waals surface area (Å²) < 4.78 is 13.1. The Morgan fingerprint density at radius 3 is 2.44 bits per heavy atom. The molecule has 2 atom stereocenters.